The van der Waals surface area contributed by atoms with Gasteiger partial charge in [0, 0.05) is 75.2 Å². The number of alkyl carbamates (subject to hydrolysis) is 3. The number of methoxy groups -OCH3 is 3. The highest BCUT2D eigenvalue weighted by Gasteiger charge is 2.29. The van der Waals surface area contributed by atoms with Gasteiger partial charge in [-0.1, -0.05) is 34.8 Å². The lowest BCUT2D eigenvalue weighted by molar-refractivity contribution is -0.120. The predicted molar refractivity (Wildman–Crippen MR) is 322 cm³/mol. The largest absolute Gasteiger partial charge is 0.465 e. The number of nitrogens with one attached hydrogen (secondary N) is 5. The van der Waals surface area contributed by atoms with E-state index in [-0.39, 0.29) is 54.3 Å². The van der Waals surface area contributed by atoms with Crippen LogP contribution in [-0.2, 0) is 33.2 Å². The van der Waals surface area contributed by atoms with Crippen molar-refractivity contribution < 1.29 is 62.0 Å². The summed E-state index contributed by atoms with van der Waals surface area (Å²) in [5, 5.41) is 17.0. The molecule has 6 rings (SSSR count). The van der Waals surface area contributed by atoms with Crippen molar-refractivity contribution >= 4 is 93.8 Å². The number of anilines is 3. The third-order valence-corrected chi connectivity index (χ3v) is 13.9. The molecule has 0 aliphatic heterocycles. The topological polar surface area (TPSA) is 261 Å². The average molecular weight is 1210 g/mol. The smallest absolute Gasteiger partial charge is 0.407 e. The molecule has 3 saturated carbocycles. The maximum atomic E-state index is 11.9. The van der Waals surface area contributed by atoms with E-state index in [0.717, 1.165) is 86.7 Å². The van der Waals surface area contributed by atoms with E-state index in [0.29, 0.717) is 55.9 Å². The summed E-state index contributed by atoms with van der Waals surface area (Å²) < 4.78 is 30.0. The van der Waals surface area contributed by atoms with Crippen molar-refractivity contribution in [3.8, 4) is 0 Å². The van der Waals surface area contributed by atoms with Crippen LogP contribution in [0.25, 0.3) is 0 Å². The minimum atomic E-state index is -0.496. The number of carbonyl (C=O) groups excluding carboxylic acids is 7. The Morgan fingerprint density at radius 2 is 0.707 bits per heavy atom. The molecule has 22 heteroatoms. The third-order valence-electron chi connectivity index (χ3n) is 13.3. The van der Waals surface area contributed by atoms with Gasteiger partial charge < -0.3 is 60.7 Å². The molecule has 3 aliphatic rings. The van der Waals surface area contributed by atoms with Crippen LogP contribution in [0.1, 0.15) is 187 Å². The van der Waals surface area contributed by atoms with Gasteiger partial charge in [-0.05, 0) is 200 Å². The monoisotopic (exact) mass is 1200 g/mol. The number of benzene rings is 3. The van der Waals surface area contributed by atoms with Crippen molar-refractivity contribution in [2.75, 3.05) is 37.7 Å². The quantitative estimate of drug-likeness (QED) is 0.0626. The number of halogens is 3. The highest BCUT2D eigenvalue weighted by Crippen LogP contribution is 2.32. The summed E-state index contributed by atoms with van der Waals surface area (Å²) >= 11 is 18.1. The molecular formula is C60H87Cl3N6O13. The Balaban J connectivity index is 0.000000300. The van der Waals surface area contributed by atoms with Gasteiger partial charge in [0.2, 0.25) is 0 Å². The first-order valence-electron chi connectivity index (χ1n) is 27.5. The standard InChI is InChI=1S/2C20H29ClN2O4.C11H19NO3.C9H10ClNO2/c2*1-12-16(18(24)26-5)10-13(21)11-17(12)22-14-6-8-15(9-7-14)23-19(25)27-20(2,3)4;1-11(2,3)15-10(14)12-8-4-6-9(13)7-5-8;1-5-7(9(12)13-2)3-6(10)4-8(5)11/h2*10-11,14-15,22H,6-9H2,1-5H3,(H,23,25);8H,4-7H2,1-3H3,(H,12,14);3-4H,11H2,1-2H3. The molecule has 0 unspecified atom stereocenters. The second-order valence-corrected chi connectivity index (χ2v) is 24.8. The number of amides is 3. The van der Waals surface area contributed by atoms with E-state index in [1.807, 2.05) is 88.3 Å². The Morgan fingerprint density at radius 1 is 0.439 bits per heavy atom. The van der Waals surface area contributed by atoms with Crippen LogP contribution >= 0.6 is 34.8 Å². The van der Waals surface area contributed by atoms with E-state index in [4.69, 9.17) is 64.2 Å². The van der Waals surface area contributed by atoms with Crippen LogP contribution in [0.15, 0.2) is 36.4 Å². The second kappa shape index (κ2) is 32.0. The van der Waals surface area contributed by atoms with E-state index in [9.17, 15) is 33.6 Å². The highest BCUT2D eigenvalue weighted by atomic mass is 35.5. The Bertz CT molecular complexity index is 2560. The van der Waals surface area contributed by atoms with Gasteiger partial charge in [0.05, 0.1) is 38.0 Å². The number of hydrogen-bond acceptors (Lipinski definition) is 16. The number of rotatable bonds is 10. The maximum absolute atomic E-state index is 11.9. The summed E-state index contributed by atoms with van der Waals surface area (Å²) in [6.45, 7) is 22.1. The lowest BCUT2D eigenvalue weighted by Gasteiger charge is -2.31. The van der Waals surface area contributed by atoms with Gasteiger partial charge in [-0.25, -0.2) is 28.8 Å². The van der Waals surface area contributed by atoms with Crippen LogP contribution in [0.2, 0.25) is 15.1 Å². The lowest BCUT2D eigenvalue weighted by atomic mass is 9.90. The van der Waals surface area contributed by atoms with Crippen LogP contribution in [-0.4, -0.2) is 110 Å². The minimum absolute atomic E-state index is 0.0950. The molecule has 19 nitrogen and oxygen atoms in total. The summed E-state index contributed by atoms with van der Waals surface area (Å²) in [5.74, 6) is -0.935. The van der Waals surface area contributed by atoms with Crippen molar-refractivity contribution in [1.82, 2.24) is 16.0 Å². The van der Waals surface area contributed by atoms with Crippen LogP contribution < -0.4 is 32.3 Å². The molecule has 0 saturated heterocycles. The molecule has 0 atom stereocenters. The van der Waals surface area contributed by atoms with Gasteiger partial charge in [0.15, 0.2) is 0 Å². The van der Waals surface area contributed by atoms with Crippen molar-refractivity contribution in [3.63, 3.8) is 0 Å². The zero-order chi connectivity index (χ0) is 61.9. The van der Waals surface area contributed by atoms with E-state index in [2.05, 4.69) is 31.3 Å². The van der Waals surface area contributed by atoms with Crippen LogP contribution in [0.4, 0.5) is 31.4 Å². The van der Waals surface area contributed by atoms with E-state index in [1.165, 1.54) is 21.3 Å². The molecule has 3 aliphatic carbocycles. The fourth-order valence-electron chi connectivity index (χ4n) is 9.03. The first-order chi connectivity index (χ1) is 38.1. The minimum Gasteiger partial charge on any atom is -0.465 e. The Kier molecular flexibility index (Phi) is 27.4. The number of Topliss-reactive ketones (excluding diaryl/α,β-unsaturated/α-hetero) is 1. The maximum Gasteiger partial charge on any atom is 0.407 e. The number of ether oxygens (including phenoxy) is 6. The Hall–Kier alpha value is -6.18. The number of carbonyl (C=O) groups is 7. The normalized spacial score (nSPS) is 18.1. The fourth-order valence-corrected chi connectivity index (χ4v) is 9.70. The molecule has 0 heterocycles. The summed E-state index contributed by atoms with van der Waals surface area (Å²) in [7, 11) is 4.03. The number of nitrogen functional groups attached to an aromatic ring is 1. The zero-order valence-electron chi connectivity index (χ0n) is 50.4. The number of esters is 3. The molecule has 0 bridgehead atoms. The molecule has 0 radical (unpaired) electrons. The van der Waals surface area contributed by atoms with Crippen molar-refractivity contribution in [3.05, 3.63) is 84.8 Å². The van der Waals surface area contributed by atoms with Gasteiger partial charge in [0.25, 0.3) is 0 Å². The van der Waals surface area contributed by atoms with Crippen molar-refractivity contribution in [1.29, 1.82) is 0 Å². The van der Waals surface area contributed by atoms with Crippen molar-refractivity contribution in [2.24, 2.45) is 0 Å². The first kappa shape index (κ1) is 70.1. The van der Waals surface area contributed by atoms with Crippen LogP contribution in [0, 0.1) is 20.8 Å². The summed E-state index contributed by atoms with van der Waals surface area (Å²) in [4.78, 5) is 81.2. The van der Waals surface area contributed by atoms with Crippen molar-refractivity contribution in [2.45, 2.75) is 207 Å². The van der Waals surface area contributed by atoms with E-state index >= 15 is 0 Å². The molecule has 456 valence electrons. The van der Waals surface area contributed by atoms with Gasteiger partial charge >= 0.3 is 36.2 Å². The predicted octanol–water partition coefficient (Wildman–Crippen LogP) is 13.4. The molecule has 3 aromatic carbocycles. The molecule has 3 amide bonds. The Labute approximate surface area is 499 Å². The number of ketones is 1. The summed E-state index contributed by atoms with van der Waals surface area (Å²) in [6, 6.07) is 10.9. The fraction of sp³-hybridized carbons (Fsp3) is 0.583. The van der Waals surface area contributed by atoms with Gasteiger partial charge in [-0.3, -0.25) is 4.79 Å². The lowest BCUT2D eigenvalue weighted by Crippen LogP contribution is -2.42. The molecule has 7 N–H and O–H groups in total. The van der Waals surface area contributed by atoms with E-state index in [1.54, 1.807) is 31.2 Å². The summed E-state index contributed by atoms with van der Waals surface area (Å²) in [6.07, 6.45) is 8.54. The first-order valence-corrected chi connectivity index (χ1v) is 28.7. The van der Waals surface area contributed by atoms with Gasteiger partial charge in [0.1, 0.15) is 22.6 Å². The number of nitrogens with two attached hydrogens (primary N) is 1. The third kappa shape index (κ3) is 25.1. The molecule has 0 aromatic heterocycles. The summed E-state index contributed by atoms with van der Waals surface area (Å²) in [5.41, 5.74) is 10.0. The zero-order valence-corrected chi connectivity index (χ0v) is 52.6. The number of hydrogen-bond donors (Lipinski definition) is 6. The second-order valence-electron chi connectivity index (χ2n) is 23.5. The SMILES string of the molecule is CC(C)(C)OC(=O)NC1CCC(=O)CC1.COC(=O)c1cc(Cl)cc(N)c1C.COC(=O)c1cc(Cl)cc(NC2CCC(NC(=O)OC(C)(C)C)CC2)c1C.COC(=O)c1cc(Cl)cc(NC2CCC(NC(=O)OC(C)(C)C)CC2)c1C. The highest BCUT2D eigenvalue weighted by molar-refractivity contribution is 6.32. The van der Waals surface area contributed by atoms with Crippen LogP contribution in [0.3, 0.4) is 0 Å². The average Bonchev–Trinajstić information content (AvgIpc) is 3.59. The molecule has 0 spiro atoms. The molecule has 3 fully saturated rings. The van der Waals surface area contributed by atoms with Crippen LogP contribution in [0.5, 0.6) is 0 Å². The molecular weight excluding hydrogens is 1120 g/mol. The molecule has 3 aromatic rings. The van der Waals surface area contributed by atoms with E-state index < -0.39 is 34.7 Å². The Morgan fingerprint density at radius 3 is 1.00 bits per heavy atom. The van der Waals surface area contributed by atoms with Gasteiger partial charge in [-0.2, -0.15) is 0 Å². The van der Waals surface area contributed by atoms with Gasteiger partial charge in [-0.15, -0.1) is 0 Å². The molecule has 82 heavy (non-hydrogen) atoms.